The minimum absolute atomic E-state index is 0.169. The maximum absolute atomic E-state index is 12.0. The number of hydrogen-bond donors (Lipinski definition) is 1. The molecular weight excluding hydrogens is 430 g/mol. The lowest BCUT2D eigenvalue weighted by atomic mass is 9.90. The molecule has 9 heteroatoms. The zero-order valence-corrected chi connectivity index (χ0v) is 21.7. The summed E-state index contributed by atoms with van der Waals surface area (Å²) in [5.41, 5.74) is -0.145. The van der Waals surface area contributed by atoms with Gasteiger partial charge in [0.1, 0.15) is 18.8 Å². The highest BCUT2D eigenvalue weighted by Gasteiger charge is 2.51. The third kappa shape index (κ3) is 11.8. The Hall–Kier alpha value is -1.71. The number of ether oxygens (including phenoxy) is 5. The molecule has 0 aromatic heterocycles. The van der Waals surface area contributed by atoms with E-state index in [0.717, 1.165) is 19.3 Å². The summed E-state index contributed by atoms with van der Waals surface area (Å²) < 4.78 is 28.5. The molecule has 1 saturated heterocycles. The third-order valence-corrected chi connectivity index (χ3v) is 4.90. The average molecular weight is 474 g/mol. The minimum Gasteiger partial charge on any atom is -0.463 e. The maximum Gasteiger partial charge on any atom is 0.303 e. The minimum atomic E-state index is -0.980. The first-order chi connectivity index (χ1) is 15.1. The molecule has 1 N–H and O–H groups in total. The normalized spacial score (nSPS) is 25.9. The topological polar surface area (TPSA) is 109 Å². The number of unbranched alkanes of at least 4 members (excludes halogenated alkanes) is 1. The third-order valence-electron chi connectivity index (χ3n) is 4.90. The van der Waals surface area contributed by atoms with Crippen molar-refractivity contribution in [2.24, 2.45) is 5.41 Å². The fourth-order valence-electron chi connectivity index (χ4n) is 3.66. The van der Waals surface area contributed by atoms with Crippen LogP contribution in [0.3, 0.4) is 0 Å². The SMILES string of the molecule is CC(=O)OCC1O[C@@H](OCCCCC(C)(C)C)C(NC(C)(C)C)[C@@H](OC(C)=O)C1OC(C)=O. The Kier molecular flexibility index (Phi) is 11.3. The van der Waals surface area contributed by atoms with Gasteiger partial charge in [0.05, 0.1) is 0 Å². The summed E-state index contributed by atoms with van der Waals surface area (Å²) in [7, 11) is 0. The molecule has 0 amide bonds. The summed E-state index contributed by atoms with van der Waals surface area (Å²) in [6.45, 7) is 16.6. The summed E-state index contributed by atoms with van der Waals surface area (Å²) in [4.78, 5) is 35.2. The Morgan fingerprint density at radius 1 is 0.848 bits per heavy atom. The molecule has 1 rings (SSSR count). The molecule has 9 nitrogen and oxygen atoms in total. The summed E-state index contributed by atoms with van der Waals surface area (Å²) in [5.74, 6) is -1.60. The van der Waals surface area contributed by atoms with Gasteiger partial charge >= 0.3 is 17.9 Å². The van der Waals surface area contributed by atoms with Crippen LogP contribution in [0.4, 0.5) is 0 Å². The fourth-order valence-corrected chi connectivity index (χ4v) is 3.66. The van der Waals surface area contributed by atoms with E-state index in [1.165, 1.54) is 20.8 Å². The van der Waals surface area contributed by atoms with Crippen LogP contribution in [-0.4, -0.2) is 67.3 Å². The van der Waals surface area contributed by atoms with Crippen molar-refractivity contribution < 1.29 is 38.1 Å². The quantitative estimate of drug-likeness (QED) is 0.291. The van der Waals surface area contributed by atoms with Crippen LogP contribution in [0, 0.1) is 5.41 Å². The average Bonchev–Trinajstić information content (AvgIpc) is 2.61. The monoisotopic (exact) mass is 473 g/mol. The number of esters is 3. The lowest BCUT2D eigenvalue weighted by Crippen LogP contribution is -2.68. The van der Waals surface area contributed by atoms with Crippen LogP contribution in [0.5, 0.6) is 0 Å². The molecular formula is C24H43NO8. The second kappa shape index (κ2) is 12.7. The van der Waals surface area contributed by atoms with E-state index in [-0.39, 0.29) is 17.6 Å². The van der Waals surface area contributed by atoms with E-state index in [2.05, 4.69) is 26.1 Å². The van der Waals surface area contributed by atoms with Crippen molar-refractivity contribution in [3.05, 3.63) is 0 Å². The van der Waals surface area contributed by atoms with Crippen LogP contribution in [0.2, 0.25) is 0 Å². The Morgan fingerprint density at radius 3 is 1.91 bits per heavy atom. The summed E-state index contributed by atoms with van der Waals surface area (Å²) >= 11 is 0. The van der Waals surface area contributed by atoms with Gasteiger partial charge in [-0.3, -0.25) is 14.4 Å². The van der Waals surface area contributed by atoms with Crippen LogP contribution in [0.1, 0.15) is 81.6 Å². The highest BCUT2D eigenvalue weighted by Crippen LogP contribution is 2.29. The Labute approximate surface area is 198 Å². The van der Waals surface area contributed by atoms with Crippen molar-refractivity contribution in [1.29, 1.82) is 0 Å². The number of nitrogens with one attached hydrogen (secondary N) is 1. The second-order valence-electron chi connectivity index (χ2n) is 10.8. The van der Waals surface area contributed by atoms with E-state index < -0.39 is 48.6 Å². The van der Waals surface area contributed by atoms with Crippen molar-refractivity contribution >= 4 is 17.9 Å². The molecule has 5 atom stereocenters. The Bertz CT molecular complexity index is 652. The van der Waals surface area contributed by atoms with Gasteiger partial charge in [-0.15, -0.1) is 0 Å². The van der Waals surface area contributed by atoms with E-state index in [1.54, 1.807) is 0 Å². The molecule has 0 radical (unpaired) electrons. The number of rotatable bonds is 10. The molecule has 0 aliphatic carbocycles. The van der Waals surface area contributed by atoms with Crippen molar-refractivity contribution in [3.8, 4) is 0 Å². The molecule has 0 aromatic rings. The van der Waals surface area contributed by atoms with Gasteiger partial charge in [0.25, 0.3) is 0 Å². The van der Waals surface area contributed by atoms with Crippen molar-refractivity contribution in [2.45, 2.75) is 118 Å². The first kappa shape index (κ1) is 29.3. The number of hydrogen-bond acceptors (Lipinski definition) is 9. The molecule has 0 spiro atoms. The van der Waals surface area contributed by atoms with Crippen LogP contribution in [0.25, 0.3) is 0 Å². The van der Waals surface area contributed by atoms with Gasteiger partial charge < -0.3 is 29.0 Å². The van der Waals surface area contributed by atoms with E-state index in [9.17, 15) is 14.4 Å². The molecule has 33 heavy (non-hydrogen) atoms. The lowest BCUT2D eigenvalue weighted by molar-refractivity contribution is -0.280. The molecule has 192 valence electrons. The summed E-state index contributed by atoms with van der Waals surface area (Å²) in [6.07, 6.45) is -0.667. The van der Waals surface area contributed by atoms with Crippen LogP contribution in [-0.2, 0) is 38.1 Å². The molecule has 1 fully saturated rings. The molecule has 0 bridgehead atoms. The van der Waals surface area contributed by atoms with Crippen molar-refractivity contribution in [2.75, 3.05) is 13.2 Å². The van der Waals surface area contributed by atoms with Gasteiger partial charge in [-0.2, -0.15) is 0 Å². The Balaban J connectivity index is 3.15. The molecule has 1 aliphatic rings. The first-order valence-corrected chi connectivity index (χ1v) is 11.6. The second-order valence-corrected chi connectivity index (χ2v) is 10.8. The fraction of sp³-hybridized carbons (Fsp3) is 0.875. The highest BCUT2D eigenvalue weighted by atomic mass is 16.7. The predicted octanol–water partition coefficient (Wildman–Crippen LogP) is 3.13. The van der Waals surface area contributed by atoms with Gasteiger partial charge in [-0.1, -0.05) is 27.2 Å². The van der Waals surface area contributed by atoms with E-state index in [0.29, 0.717) is 6.61 Å². The molecule has 3 unspecified atom stereocenters. The summed E-state index contributed by atoms with van der Waals surface area (Å²) in [6, 6.07) is -0.616. The van der Waals surface area contributed by atoms with E-state index >= 15 is 0 Å². The largest absolute Gasteiger partial charge is 0.463 e. The van der Waals surface area contributed by atoms with Gasteiger partial charge in [-0.25, -0.2) is 0 Å². The molecule has 0 aromatic carbocycles. The zero-order chi connectivity index (χ0) is 25.4. The van der Waals surface area contributed by atoms with Crippen LogP contribution in [0.15, 0.2) is 0 Å². The number of carbonyl (C=O) groups is 3. The summed E-state index contributed by atoms with van der Waals surface area (Å²) in [5, 5.41) is 3.39. The van der Waals surface area contributed by atoms with Crippen LogP contribution >= 0.6 is 0 Å². The maximum atomic E-state index is 12.0. The van der Waals surface area contributed by atoms with Crippen LogP contribution < -0.4 is 5.32 Å². The smallest absolute Gasteiger partial charge is 0.303 e. The van der Waals surface area contributed by atoms with Gasteiger partial charge in [0, 0.05) is 32.9 Å². The molecule has 1 heterocycles. The standard InChI is InChI=1S/C24H43NO8/c1-15(26)30-14-18-20(31-16(2)27)21(32-17(3)28)19(25-24(7,8)9)22(33-18)29-13-11-10-12-23(4,5)6/h18-22,25H,10-14H2,1-9H3/t18?,19?,20?,21-,22-/m1/s1. The molecule has 1 aliphatic heterocycles. The Morgan fingerprint density at radius 2 is 1.42 bits per heavy atom. The van der Waals surface area contributed by atoms with Crippen molar-refractivity contribution in [1.82, 2.24) is 5.32 Å². The van der Waals surface area contributed by atoms with Crippen molar-refractivity contribution in [3.63, 3.8) is 0 Å². The highest BCUT2D eigenvalue weighted by molar-refractivity contribution is 5.68. The van der Waals surface area contributed by atoms with E-state index in [1.807, 2.05) is 20.8 Å². The zero-order valence-electron chi connectivity index (χ0n) is 21.7. The van der Waals surface area contributed by atoms with Gasteiger partial charge in [-0.05, 0) is 39.0 Å². The molecule has 0 saturated carbocycles. The predicted molar refractivity (Wildman–Crippen MR) is 122 cm³/mol. The van der Waals surface area contributed by atoms with Gasteiger partial charge in [0.2, 0.25) is 0 Å². The first-order valence-electron chi connectivity index (χ1n) is 11.6. The lowest BCUT2D eigenvalue weighted by Gasteiger charge is -2.47. The van der Waals surface area contributed by atoms with Gasteiger partial charge in [0.15, 0.2) is 18.5 Å². The number of carbonyl (C=O) groups excluding carboxylic acids is 3. The van der Waals surface area contributed by atoms with E-state index in [4.69, 9.17) is 23.7 Å².